The zero-order chi connectivity index (χ0) is 25.2. The summed E-state index contributed by atoms with van der Waals surface area (Å²) in [5, 5.41) is 8.49. The SMILES string of the molecule is Fc1cccc(-c2nc3cnn(Cc4cc(-c5ccc(C#Cc6ccncc6)cc5)no4)cc-3n2)c1F. The van der Waals surface area contributed by atoms with Gasteiger partial charge in [0.2, 0.25) is 0 Å². The molecule has 2 aliphatic heterocycles. The van der Waals surface area contributed by atoms with Crippen molar-refractivity contribution in [3.8, 4) is 45.9 Å². The molecule has 0 spiro atoms. The fourth-order valence-electron chi connectivity index (χ4n) is 3.73. The molecule has 0 amide bonds. The van der Waals surface area contributed by atoms with Gasteiger partial charge in [-0.05, 0) is 36.4 Å². The number of hydrogen-bond acceptors (Lipinski definition) is 6. The van der Waals surface area contributed by atoms with Crippen molar-refractivity contribution in [2.24, 2.45) is 0 Å². The lowest BCUT2D eigenvalue weighted by Crippen LogP contribution is -2.04. The Kier molecular flexibility index (Phi) is 5.67. The first-order valence-electron chi connectivity index (χ1n) is 11.2. The van der Waals surface area contributed by atoms with Crippen LogP contribution in [-0.2, 0) is 6.54 Å². The fraction of sp³-hybridized carbons (Fsp3) is 0.0357. The minimum atomic E-state index is -0.985. The number of nitrogens with zero attached hydrogens (tertiary/aromatic N) is 6. The van der Waals surface area contributed by atoms with Crippen molar-refractivity contribution in [2.45, 2.75) is 6.54 Å². The van der Waals surface area contributed by atoms with E-state index in [1.54, 1.807) is 23.3 Å². The number of rotatable bonds is 4. The maximum Gasteiger partial charge on any atom is 0.169 e. The molecule has 0 saturated carbocycles. The van der Waals surface area contributed by atoms with Gasteiger partial charge in [0, 0.05) is 35.2 Å². The average Bonchev–Trinajstić information content (AvgIpc) is 3.57. The van der Waals surface area contributed by atoms with Crippen molar-refractivity contribution in [2.75, 3.05) is 0 Å². The fourth-order valence-corrected chi connectivity index (χ4v) is 3.73. The second-order valence-electron chi connectivity index (χ2n) is 8.13. The van der Waals surface area contributed by atoms with Crippen LogP contribution in [0.15, 0.2) is 90.0 Å². The van der Waals surface area contributed by atoms with Gasteiger partial charge in [-0.15, -0.1) is 0 Å². The summed E-state index contributed by atoms with van der Waals surface area (Å²) < 4.78 is 34.9. The highest BCUT2D eigenvalue weighted by atomic mass is 19.2. The van der Waals surface area contributed by atoms with Crippen LogP contribution in [0.4, 0.5) is 8.78 Å². The van der Waals surface area contributed by atoms with Gasteiger partial charge in [-0.2, -0.15) is 5.10 Å². The van der Waals surface area contributed by atoms with Gasteiger partial charge < -0.3 is 4.52 Å². The van der Waals surface area contributed by atoms with Crippen LogP contribution in [0.1, 0.15) is 16.9 Å². The molecular formula is C28H16F2N6O. The van der Waals surface area contributed by atoms with Crippen molar-refractivity contribution in [1.29, 1.82) is 0 Å². The number of aromatic nitrogens is 6. The molecule has 2 aliphatic rings. The Hall–Kier alpha value is -5.23. The van der Waals surface area contributed by atoms with Crippen LogP contribution in [0.25, 0.3) is 34.0 Å². The van der Waals surface area contributed by atoms with Gasteiger partial charge in [0.05, 0.1) is 18.0 Å². The van der Waals surface area contributed by atoms with Crippen LogP contribution < -0.4 is 0 Å². The minimum absolute atomic E-state index is 0.00279. The largest absolute Gasteiger partial charge is 0.359 e. The summed E-state index contributed by atoms with van der Waals surface area (Å²) in [6, 6.07) is 17.2. The summed E-state index contributed by atoms with van der Waals surface area (Å²) in [7, 11) is 0. The van der Waals surface area contributed by atoms with E-state index in [-0.39, 0.29) is 11.4 Å². The zero-order valence-electron chi connectivity index (χ0n) is 19.1. The molecule has 37 heavy (non-hydrogen) atoms. The van der Waals surface area contributed by atoms with Gasteiger partial charge in [-0.25, -0.2) is 18.7 Å². The van der Waals surface area contributed by atoms with Gasteiger partial charge >= 0.3 is 0 Å². The molecule has 7 nitrogen and oxygen atoms in total. The van der Waals surface area contributed by atoms with Crippen molar-refractivity contribution in [3.05, 3.63) is 114 Å². The second-order valence-corrected chi connectivity index (χ2v) is 8.13. The predicted molar refractivity (Wildman–Crippen MR) is 131 cm³/mol. The van der Waals surface area contributed by atoms with Gasteiger partial charge in [0.1, 0.15) is 23.6 Å². The summed E-state index contributed by atoms with van der Waals surface area (Å²) in [5.41, 5.74) is 4.32. The maximum absolute atomic E-state index is 14.2. The second kappa shape index (κ2) is 9.43. The lowest BCUT2D eigenvalue weighted by atomic mass is 10.1. The number of pyridine rings is 1. The Balaban J connectivity index is 1.18. The molecule has 0 unspecified atom stereocenters. The van der Waals surface area contributed by atoms with E-state index >= 15 is 0 Å². The highest BCUT2D eigenvalue weighted by Gasteiger charge is 2.18. The highest BCUT2D eigenvalue weighted by Crippen LogP contribution is 2.27. The maximum atomic E-state index is 14.2. The molecule has 0 aliphatic carbocycles. The lowest BCUT2D eigenvalue weighted by molar-refractivity contribution is 0.372. The van der Waals surface area contributed by atoms with Crippen LogP contribution in [0.2, 0.25) is 0 Å². The molecule has 6 rings (SSSR count). The molecule has 0 saturated heterocycles. The van der Waals surface area contributed by atoms with Gasteiger partial charge in [-0.1, -0.05) is 35.2 Å². The van der Waals surface area contributed by atoms with Gasteiger partial charge in [0.15, 0.2) is 23.2 Å². The standard InChI is InChI=1S/C28H16F2N6O/c29-23-3-1-2-22(27(23)30)28-33-25-15-32-36(17-26(25)34-28)16-21-14-24(35-37-21)20-8-6-18(7-9-20)4-5-19-10-12-31-13-11-19/h1-3,6-15,17H,16H2. The Morgan fingerprint density at radius 1 is 0.838 bits per heavy atom. The van der Waals surface area contributed by atoms with E-state index < -0.39 is 11.6 Å². The van der Waals surface area contributed by atoms with Crippen molar-refractivity contribution < 1.29 is 13.3 Å². The van der Waals surface area contributed by atoms with Crippen LogP contribution in [0.5, 0.6) is 0 Å². The van der Waals surface area contributed by atoms with Crippen molar-refractivity contribution in [3.63, 3.8) is 0 Å². The van der Waals surface area contributed by atoms with Crippen LogP contribution in [-0.4, -0.2) is 29.9 Å². The number of hydrogen-bond donors (Lipinski definition) is 0. The van der Waals surface area contributed by atoms with E-state index in [1.807, 2.05) is 42.5 Å². The Morgan fingerprint density at radius 2 is 1.59 bits per heavy atom. The quantitative estimate of drug-likeness (QED) is 0.315. The molecule has 0 bridgehead atoms. The number of fused-ring (bicyclic) bond motifs is 1. The van der Waals surface area contributed by atoms with Crippen LogP contribution >= 0.6 is 0 Å². The molecule has 2 aromatic carbocycles. The lowest BCUT2D eigenvalue weighted by Gasteiger charge is -2.03. The van der Waals surface area contributed by atoms with Gasteiger partial charge in [0.25, 0.3) is 0 Å². The van der Waals surface area contributed by atoms with E-state index in [1.165, 1.54) is 18.3 Å². The minimum Gasteiger partial charge on any atom is -0.359 e. The molecule has 178 valence electrons. The van der Waals surface area contributed by atoms with Crippen LogP contribution in [0.3, 0.4) is 0 Å². The smallest absolute Gasteiger partial charge is 0.169 e. The zero-order valence-corrected chi connectivity index (χ0v) is 19.1. The Bertz CT molecular complexity index is 1730. The molecule has 0 radical (unpaired) electrons. The number of halogens is 2. The molecule has 4 aromatic rings. The summed E-state index contributed by atoms with van der Waals surface area (Å²) >= 11 is 0. The average molecular weight is 490 g/mol. The molecule has 2 aromatic heterocycles. The molecular weight excluding hydrogens is 474 g/mol. The summed E-state index contributed by atoms with van der Waals surface area (Å²) in [5.74, 6) is 4.98. The van der Waals surface area contributed by atoms with E-state index in [0.717, 1.165) is 22.8 Å². The van der Waals surface area contributed by atoms with E-state index in [9.17, 15) is 8.78 Å². The Labute approximate surface area is 209 Å². The first-order chi connectivity index (χ1) is 18.1. The van der Waals surface area contributed by atoms with E-state index in [2.05, 4.69) is 37.0 Å². The molecule has 0 N–H and O–H groups in total. The monoisotopic (exact) mass is 490 g/mol. The number of benzene rings is 2. The Morgan fingerprint density at radius 3 is 2.41 bits per heavy atom. The summed E-state index contributed by atoms with van der Waals surface area (Å²) in [6.07, 6.45) is 6.60. The summed E-state index contributed by atoms with van der Waals surface area (Å²) in [6.45, 7) is 0.301. The third kappa shape index (κ3) is 4.68. The predicted octanol–water partition coefficient (Wildman–Crippen LogP) is 5.22. The molecule has 0 atom stereocenters. The molecule has 0 fully saturated rings. The topological polar surface area (TPSA) is 82.5 Å². The summed E-state index contributed by atoms with van der Waals surface area (Å²) in [4.78, 5) is 12.6. The first kappa shape index (κ1) is 22.2. The van der Waals surface area contributed by atoms with Crippen molar-refractivity contribution in [1.82, 2.24) is 29.9 Å². The highest BCUT2D eigenvalue weighted by molar-refractivity contribution is 5.65. The first-order valence-corrected chi connectivity index (χ1v) is 11.2. The third-order valence-corrected chi connectivity index (χ3v) is 5.60. The van der Waals surface area contributed by atoms with E-state index in [0.29, 0.717) is 29.4 Å². The van der Waals surface area contributed by atoms with Gasteiger partial charge in [-0.3, -0.25) is 9.67 Å². The van der Waals surface area contributed by atoms with E-state index in [4.69, 9.17) is 4.52 Å². The normalized spacial score (nSPS) is 10.9. The third-order valence-electron chi connectivity index (χ3n) is 5.60. The molecule has 4 heterocycles. The van der Waals surface area contributed by atoms with Crippen LogP contribution in [0, 0.1) is 23.5 Å². The molecule has 9 heteroatoms. The van der Waals surface area contributed by atoms with Crippen molar-refractivity contribution >= 4 is 0 Å². The number of imidazole rings is 1.